The summed E-state index contributed by atoms with van der Waals surface area (Å²) in [5.74, 6) is 0. The molecule has 0 spiro atoms. The van der Waals surface area contributed by atoms with E-state index in [9.17, 15) is 9.59 Å². The SMILES string of the molecule is CC(C)[Si]1(C(C)C)OCC2OC(n3ccc(=O)[nH]c3=O)C(OCOCOCCC#N)[C@H]2O[Si](C(C)C)(C(C)C)O1. The molecule has 3 rings (SSSR count). The Bertz CT molecular complexity index is 1100. The molecule has 2 saturated heterocycles. The fourth-order valence-electron chi connectivity index (χ4n) is 5.55. The highest BCUT2D eigenvalue weighted by Gasteiger charge is 2.62. The first kappa shape index (κ1) is 32.8. The van der Waals surface area contributed by atoms with Crippen molar-refractivity contribution in [2.75, 3.05) is 26.8 Å². The summed E-state index contributed by atoms with van der Waals surface area (Å²) in [5, 5.41) is 8.67. The van der Waals surface area contributed by atoms with E-state index in [1.807, 2.05) is 6.07 Å². The molecule has 40 heavy (non-hydrogen) atoms. The summed E-state index contributed by atoms with van der Waals surface area (Å²) in [5.41, 5.74) is -0.638. The van der Waals surface area contributed by atoms with Crippen LogP contribution in [0.3, 0.4) is 0 Å². The minimum atomic E-state index is -3.00. The maximum absolute atomic E-state index is 12.8. The summed E-state index contributed by atoms with van der Waals surface area (Å²) in [7, 11) is -5.79. The third-order valence-electron chi connectivity index (χ3n) is 7.61. The molecule has 0 radical (unpaired) electrons. The average molecular weight is 600 g/mol. The van der Waals surface area contributed by atoms with Gasteiger partial charge in [0.1, 0.15) is 31.9 Å². The van der Waals surface area contributed by atoms with Crippen LogP contribution in [0.5, 0.6) is 0 Å². The van der Waals surface area contributed by atoms with Crippen LogP contribution in [0.15, 0.2) is 21.9 Å². The van der Waals surface area contributed by atoms with Crippen molar-refractivity contribution in [2.45, 2.75) is 109 Å². The molecule has 2 aliphatic rings. The lowest BCUT2D eigenvalue weighted by atomic mass is 10.1. The number of rotatable bonds is 12. The molecule has 1 aromatic heterocycles. The lowest BCUT2D eigenvalue weighted by Crippen LogP contribution is -2.66. The second-order valence-electron chi connectivity index (χ2n) is 11.5. The quantitative estimate of drug-likeness (QED) is 0.215. The Hall–Kier alpha value is -1.68. The van der Waals surface area contributed by atoms with Gasteiger partial charge in [0.25, 0.3) is 5.56 Å². The number of hydrogen-bond acceptors (Lipinski definition) is 10. The van der Waals surface area contributed by atoms with Crippen LogP contribution in [0.1, 0.15) is 68.0 Å². The average Bonchev–Trinajstić information content (AvgIpc) is 3.18. The van der Waals surface area contributed by atoms with Crippen LogP contribution in [-0.2, 0) is 31.9 Å². The minimum absolute atomic E-state index is 0.0622. The normalized spacial score (nSPS) is 26.2. The van der Waals surface area contributed by atoms with Gasteiger partial charge in [0, 0.05) is 12.3 Å². The van der Waals surface area contributed by atoms with Gasteiger partial charge in [-0.15, -0.1) is 0 Å². The second-order valence-corrected chi connectivity index (χ2v) is 20.4. The van der Waals surface area contributed by atoms with Gasteiger partial charge in [0.05, 0.1) is 25.7 Å². The van der Waals surface area contributed by atoms with Gasteiger partial charge >= 0.3 is 22.8 Å². The molecule has 1 N–H and O–H groups in total. The molecular formula is C26H45N3O9Si2. The fraction of sp³-hybridized carbons (Fsp3) is 0.808. The predicted molar refractivity (Wildman–Crippen MR) is 151 cm³/mol. The van der Waals surface area contributed by atoms with Crippen LogP contribution in [-0.4, -0.2) is 71.8 Å². The number of aromatic amines is 1. The van der Waals surface area contributed by atoms with Crippen molar-refractivity contribution in [3.8, 4) is 6.07 Å². The monoisotopic (exact) mass is 599 g/mol. The van der Waals surface area contributed by atoms with Gasteiger partial charge in [-0.05, 0) is 22.2 Å². The number of nitrogens with one attached hydrogen (secondary N) is 1. The topological polar surface area (TPSA) is 143 Å². The Morgan fingerprint density at radius 1 is 1.02 bits per heavy atom. The van der Waals surface area contributed by atoms with Crippen molar-refractivity contribution in [3.05, 3.63) is 33.1 Å². The van der Waals surface area contributed by atoms with Gasteiger partial charge in [0.2, 0.25) is 0 Å². The molecule has 2 fully saturated rings. The van der Waals surface area contributed by atoms with Crippen LogP contribution < -0.4 is 11.2 Å². The summed E-state index contributed by atoms with van der Waals surface area (Å²) in [6, 6.07) is 3.27. The highest BCUT2D eigenvalue weighted by atomic mass is 28.5. The van der Waals surface area contributed by atoms with Crippen molar-refractivity contribution >= 4 is 17.1 Å². The number of nitrogens with zero attached hydrogens (tertiary/aromatic N) is 2. The van der Waals surface area contributed by atoms with Crippen LogP contribution in [0.2, 0.25) is 22.2 Å². The minimum Gasteiger partial charge on any atom is -0.414 e. The summed E-state index contributed by atoms with van der Waals surface area (Å²) < 4.78 is 45.9. The summed E-state index contributed by atoms with van der Waals surface area (Å²) >= 11 is 0. The summed E-state index contributed by atoms with van der Waals surface area (Å²) in [6.07, 6.45) is -1.24. The van der Waals surface area contributed by atoms with E-state index in [4.69, 9.17) is 37.2 Å². The molecule has 0 aromatic carbocycles. The lowest BCUT2D eigenvalue weighted by molar-refractivity contribution is -0.175. The van der Waals surface area contributed by atoms with E-state index in [2.05, 4.69) is 60.4 Å². The van der Waals surface area contributed by atoms with E-state index < -0.39 is 52.9 Å². The first-order valence-corrected chi connectivity index (χ1v) is 18.0. The number of aromatic nitrogens is 2. The van der Waals surface area contributed by atoms with Gasteiger partial charge in [-0.2, -0.15) is 5.26 Å². The molecule has 14 heteroatoms. The third-order valence-corrected chi connectivity index (χ3v) is 17.9. The first-order valence-electron chi connectivity index (χ1n) is 14.0. The maximum Gasteiger partial charge on any atom is 0.335 e. The van der Waals surface area contributed by atoms with Crippen molar-refractivity contribution in [3.63, 3.8) is 0 Å². The third kappa shape index (κ3) is 6.85. The van der Waals surface area contributed by atoms with Crippen LogP contribution in [0.4, 0.5) is 0 Å². The molecule has 0 bridgehead atoms. The summed E-state index contributed by atoms with van der Waals surface area (Å²) in [6.45, 7) is 17.3. The van der Waals surface area contributed by atoms with E-state index in [0.29, 0.717) is 0 Å². The van der Waals surface area contributed by atoms with E-state index in [0.717, 1.165) is 0 Å². The molecular weight excluding hydrogens is 554 g/mol. The molecule has 226 valence electrons. The second kappa shape index (κ2) is 14.0. The lowest BCUT2D eigenvalue weighted by Gasteiger charge is -2.51. The number of nitriles is 1. The number of H-pyrrole nitrogens is 1. The number of ether oxygens (including phenoxy) is 4. The standard InChI is InChI=1S/C26H45N3O9Si2/c1-17(2)39(18(3)4)35-14-21-23(37-40(38-39,19(5)6)20(7)8)24(34-16-33-15-32-13-9-11-27)25(36-21)29-12-10-22(30)28-26(29)31/h10,12,17-21,23-25H,9,13-16H2,1-8H3,(H,28,30,31)/t21?,23-,24?,25?/m0/s1. The number of hydrogen-bond donors (Lipinski definition) is 1. The van der Waals surface area contributed by atoms with E-state index in [1.165, 1.54) is 16.8 Å². The molecule has 0 saturated carbocycles. The zero-order valence-corrected chi connectivity index (χ0v) is 26.9. The Kier molecular flexibility index (Phi) is 11.5. The zero-order valence-electron chi connectivity index (χ0n) is 24.9. The largest absolute Gasteiger partial charge is 0.414 e. The summed E-state index contributed by atoms with van der Waals surface area (Å²) in [4.78, 5) is 26.9. The van der Waals surface area contributed by atoms with E-state index >= 15 is 0 Å². The molecule has 0 aliphatic carbocycles. The van der Waals surface area contributed by atoms with Gasteiger partial charge in [0.15, 0.2) is 6.23 Å². The van der Waals surface area contributed by atoms with Crippen molar-refractivity contribution < 1.29 is 31.9 Å². The highest BCUT2D eigenvalue weighted by molar-refractivity contribution is 6.83. The fourth-order valence-corrected chi connectivity index (χ4v) is 16.8. The van der Waals surface area contributed by atoms with E-state index in [-0.39, 0.29) is 55.4 Å². The molecule has 2 aliphatic heterocycles. The van der Waals surface area contributed by atoms with Gasteiger partial charge in [-0.25, -0.2) is 4.79 Å². The Labute approximate surface area is 238 Å². The van der Waals surface area contributed by atoms with Gasteiger partial charge < -0.3 is 31.9 Å². The molecule has 0 amide bonds. The number of fused-ring (bicyclic) bond motifs is 1. The Morgan fingerprint density at radius 3 is 2.25 bits per heavy atom. The smallest absolute Gasteiger partial charge is 0.335 e. The molecule has 3 unspecified atom stereocenters. The molecule has 1 aromatic rings. The predicted octanol–water partition coefficient (Wildman–Crippen LogP) is 3.64. The van der Waals surface area contributed by atoms with Gasteiger partial charge in [-0.1, -0.05) is 55.4 Å². The molecule has 4 atom stereocenters. The molecule has 12 nitrogen and oxygen atoms in total. The maximum atomic E-state index is 12.8. The first-order chi connectivity index (χ1) is 18.9. The van der Waals surface area contributed by atoms with Crippen molar-refractivity contribution in [2.24, 2.45) is 0 Å². The van der Waals surface area contributed by atoms with Crippen molar-refractivity contribution in [1.82, 2.24) is 9.55 Å². The highest BCUT2D eigenvalue weighted by Crippen LogP contribution is 2.48. The van der Waals surface area contributed by atoms with Gasteiger partial charge in [-0.3, -0.25) is 14.3 Å². The Morgan fingerprint density at radius 2 is 1.68 bits per heavy atom. The Balaban J connectivity index is 2.01. The van der Waals surface area contributed by atoms with Crippen LogP contribution in [0.25, 0.3) is 0 Å². The molecule has 3 heterocycles. The van der Waals surface area contributed by atoms with Crippen LogP contribution >= 0.6 is 0 Å². The van der Waals surface area contributed by atoms with Crippen LogP contribution in [0, 0.1) is 11.3 Å². The van der Waals surface area contributed by atoms with E-state index in [1.54, 1.807) is 0 Å². The zero-order chi connectivity index (χ0) is 29.7. The van der Waals surface area contributed by atoms with Crippen molar-refractivity contribution in [1.29, 1.82) is 5.26 Å².